The molecule has 0 bridgehead atoms. The van der Waals surface area contributed by atoms with E-state index in [-0.39, 0.29) is 6.42 Å². The number of carbonyl (C=O) groups is 2. The molecule has 0 heterocycles. The zero-order chi connectivity index (χ0) is 16.0. The number of benzene rings is 1. The zero-order valence-corrected chi connectivity index (χ0v) is 12.0. The van der Waals surface area contributed by atoms with Gasteiger partial charge in [-0.15, -0.1) is 0 Å². The molecule has 0 aliphatic carbocycles. The maximum absolute atomic E-state index is 11.2. The first kappa shape index (κ1) is 17.4. The molecule has 1 rings (SSSR count). The number of hydrogen-bond donors (Lipinski definition) is 4. The van der Waals surface area contributed by atoms with Crippen LogP contribution in [0.3, 0.4) is 0 Å². The molecule has 0 spiro atoms. The molecule has 0 aliphatic rings. The number of aryl methyl sites for hydroxylation is 1. The van der Waals surface area contributed by atoms with Crippen LogP contribution in [0.2, 0.25) is 0 Å². The molecular weight excluding hydrogens is 299 g/mol. The highest BCUT2D eigenvalue weighted by molar-refractivity contribution is 7.53. The van der Waals surface area contributed by atoms with Crippen molar-refractivity contribution in [2.45, 2.75) is 24.9 Å². The number of carboxylic acid groups (broad SMARTS) is 2. The lowest BCUT2D eigenvalue weighted by molar-refractivity contribution is -0.148. The molecule has 1 aromatic carbocycles. The van der Waals surface area contributed by atoms with Crippen molar-refractivity contribution in [2.24, 2.45) is 5.92 Å². The molecule has 0 saturated heterocycles. The minimum absolute atomic E-state index is 0.119. The van der Waals surface area contributed by atoms with Crippen LogP contribution in [-0.4, -0.2) is 37.6 Å². The van der Waals surface area contributed by atoms with E-state index >= 15 is 0 Å². The summed E-state index contributed by atoms with van der Waals surface area (Å²) in [6.45, 7) is 0. The summed E-state index contributed by atoms with van der Waals surface area (Å²) in [5.41, 5.74) is -1.27. The number of aliphatic carboxylic acids is 2. The number of rotatable bonds is 8. The van der Waals surface area contributed by atoms with Crippen LogP contribution in [0.1, 0.15) is 18.4 Å². The first-order valence-electron chi connectivity index (χ1n) is 6.28. The van der Waals surface area contributed by atoms with Gasteiger partial charge in [-0.1, -0.05) is 30.3 Å². The minimum Gasteiger partial charge on any atom is -0.481 e. The fourth-order valence-corrected chi connectivity index (χ4v) is 3.17. The fraction of sp³-hybridized carbons (Fsp3) is 0.385. The Balaban J connectivity index is 2.75. The molecule has 0 saturated carbocycles. The van der Waals surface area contributed by atoms with Crippen molar-refractivity contribution in [3.05, 3.63) is 35.9 Å². The van der Waals surface area contributed by atoms with Crippen LogP contribution in [0.5, 0.6) is 0 Å². The Kier molecular flexibility index (Phi) is 6.08. The second-order valence-electron chi connectivity index (χ2n) is 4.69. The lowest BCUT2D eigenvalue weighted by atomic mass is 9.96. The van der Waals surface area contributed by atoms with Gasteiger partial charge in [-0.25, -0.2) is 0 Å². The normalized spacial score (nSPS) is 14.4. The second kappa shape index (κ2) is 7.36. The molecule has 0 aliphatic heterocycles. The first-order valence-corrected chi connectivity index (χ1v) is 7.96. The third kappa shape index (κ3) is 5.30. The summed E-state index contributed by atoms with van der Waals surface area (Å²) in [7, 11) is -5.03. The van der Waals surface area contributed by atoms with E-state index in [0.717, 1.165) is 5.56 Å². The van der Waals surface area contributed by atoms with E-state index in [1.54, 1.807) is 0 Å². The van der Waals surface area contributed by atoms with Crippen molar-refractivity contribution in [3.8, 4) is 0 Å². The largest absolute Gasteiger partial charge is 0.481 e. The summed E-state index contributed by atoms with van der Waals surface area (Å²) in [6, 6.07) is 9.15. The fourth-order valence-electron chi connectivity index (χ4n) is 2.14. The van der Waals surface area contributed by atoms with Crippen LogP contribution in [0.15, 0.2) is 30.3 Å². The molecule has 2 unspecified atom stereocenters. The van der Waals surface area contributed by atoms with E-state index in [9.17, 15) is 14.2 Å². The standard InChI is InChI=1S/C13H17O7P/c14-12(15)10(11(13(16)17)21(18,19)20)8-4-7-9-5-2-1-3-6-9/h1-3,5-6,10-11H,4,7-8H2,(H,14,15)(H,16,17)(H2,18,19,20). The molecule has 0 fully saturated rings. The Bertz CT molecular complexity index is 537. The summed E-state index contributed by atoms with van der Waals surface area (Å²) in [5, 5.41) is 17.9. The summed E-state index contributed by atoms with van der Waals surface area (Å²) in [4.78, 5) is 40.2. The van der Waals surface area contributed by atoms with Crippen molar-refractivity contribution in [2.75, 3.05) is 0 Å². The minimum atomic E-state index is -5.03. The van der Waals surface area contributed by atoms with Crippen molar-refractivity contribution in [1.29, 1.82) is 0 Å². The SMILES string of the molecule is O=C(O)C(CCCc1ccccc1)C(C(=O)O)P(=O)(O)O. The van der Waals surface area contributed by atoms with Gasteiger partial charge in [0.05, 0.1) is 5.92 Å². The maximum atomic E-state index is 11.2. The second-order valence-corrected chi connectivity index (χ2v) is 6.43. The van der Waals surface area contributed by atoms with Gasteiger partial charge in [-0.05, 0) is 24.8 Å². The summed E-state index contributed by atoms with van der Waals surface area (Å²) in [5.74, 6) is -4.93. The van der Waals surface area contributed by atoms with E-state index in [4.69, 9.17) is 20.0 Å². The number of hydrogen-bond acceptors (Lipinski definition) is 3. The van der Waals surface area contributed by atoms with Gasteiger partial charge in [-0.3, -0.25) is 14.2 Å². The van der Waals surface area contributed by atoms with Gasteiger partial charge in [0.2, 0.25) is 0 Å². The predicted molar refractivity (Wildman–Crippen MR) is 74.0 cm³/mol. The van der Waals surface area contributed by atoms with Crippen LogP contribution in [-0.2, 0) is 20.6 Å². The predicted octanol–water partition coefficient (Wildman–Crippen LogP) is 1.34. The monoisotopic (exact) mass is 316 g/mol. The highest BCUT2D eigenvalue weighted by Gasteiger charge is 2.45. The van der Waals surface area contributed by atoms with E-state index < -0.39 is 31.1 Å². The Hall–Kier alpha value is -1.69. The van der Waals surface area contributed by atoms with Gasteiger partial charge in [0.1, 0.15) is 0 Å². The highest BCUT2D eigenvalue weighted by atomic mass is 31.2. The molecule has 4 N–H and O–H groups in total. The molecule has 1 aromatic rings. The van der Waals surface area contributed by atoms with Crippen LogP contribution < -0.4 is 0 Å². The van der Waals surface area contributed by atoms with Crippen molar-refractivity contribution in [3.63, 3.8) is 0 Å². The molecule has 0 amide bonds. The number of carboxylic acids is 2. The summed E-state index contributed by atoms with van der Waals surface area (Å²) < 4.78 is 11.2. The lowest BCUT2D eigenvalue weighted by Crippen LogP contribution is -2.35. The van der Waals surface area contributed by atoms with Gasteiger partial charge in [0.25, 0.3) is 0 Å². The average molecular weight is 316 g/mol. The zero-order valence-electron chi connectivity index (χ0n) is 11.1. The Morgan fingerprint density at radius 3 is 2.05 bits per heavy atom. The Labute approximate surface area is 121 Å². The Morgan fingerprint density at radius 2 is 1.62 bits per heavy atom. The average Bonchev–Trinajstić information content (AvgIpc) is 2.36. The topological polar surface area (TPSA) is 132 Å². The van der Waals surface area contributed by atoms with E-state index in [0.29, 0.717) is 12.8 Å². The summed E-state index contributed by atoms with van der Waals surface area (Å²) in [6.07, 6.45) is 0.717. The van der Waals surface area contributed by atoms with E-state index in [2.05, 4.69) is 0 Å². The van der Waals surface area contributed by atoms with Crippen LogP contribution in [0, 0.1) is 5.92 Å². The van der Waals surface area contributed by atoms with Crippen molar-refractivity contribution < 1.29 is 34.2 Å². The molecule has 8 heteroatoms. The van der Waals surface area contributed by atoms with Crippen LogP contribution in [0.4, 0.5) is 0 Å². The van der Waals surface area contributed by atoms with Gasteiger partial charge >= 0.3 is 19.5 Å². The molecule has 7 nitrogen and oxygen atoms in total. The van der Waals surface area contributed by atoms with Crippen molar-refractivity contribution in [1.82, 2.24) is 0 Å². The third-order valence-electron chi connectivity index (χ3n) is 3.14. The first-order chi connectivity index (χ1) is 9.73. The quantitative estimate of drug-likeness (QED) is 0.532. The van der Waals surface area contributed by atoms with E-state index in [1.807, 2.05) is 30.3 Å². The van der Waals surface area contributed by atoms with Crippen molar-refractivity contribution >= 4 is 19.5 Å². The maximum Gasteiger partial charge on any atom is 0.340 e. The van der Waals surface area contributed by atoms with E-state index in [1.165, 1.54) is 0 Å². The van der Waals surface area contributed by atoms with Gasteiger partial charge in [-0.2, -0.15) is 0 Å². The molecule has 2 atom stereocenters. The molecule has 0 aromatic heterocycles. The summed E-state index contributed by atoms with van der Waals surface area (Å²) >= 11 is 0. The lowest BCUT2D eigenvalue weighted by Gasteiger charge is -2.21. The van der Waals surface area contributed by atoms with Crippen LogP contribution in [0.25, 0.3) is 0 Å². The smallest absolute Gasteiger partial charge is 0.340 e. The molecule has 21 heavy (non-hydrogen) atoms. The van der Waals surface area contributed by atoms with Crippen LogP contribution >= 0.6 is 7.60 Å². The molecular formula is C13H17O7P. The van der Waals surface area contributed by atoms with Gasteiger partial charge in [0, 0.05) is 0 Å². The third-order valence-corrected chi connectivity index (χ3v) is 4.44. The molecule has 116 valence electrons. The molecule has 0 radical (unpaired) electrons. The van der Waals surface area contributed by atoms with Gasteiger partial charge in [0.15, 0.2) is 5.66 Å². The van der Waals surface area contributed by atoms with Gasteiger partial charge < -0.3 is 20.0 Å². The highest BCUT2D eigenvalue weighted by Crippen LogP contribution is 2.46. The Morgan fingerprint density at radius 1 is 1.05 bits per heavy atom.